The number of aliphatic hydroxyl groups is 1. The van der Waals surface area contributed by atoms with E-state index in [0.717, 1.165) is 0 Å². The molecule has 2 amide bonds. The van der Waals surface area contributed by atoms with Crippen LogP contribution in [0, 0.1) is 17.7 Å². The second-order valence-electron chi connectivity index (χ2n) is 8.13. The second kappa shape index (κ2) is 8.70. The zero-order chi connectivity index (χ0) is 23.0. The van der Waals surface area contributed by atoms with E-state index in [1.807, 2.05) is 6.92 Å². The molecule has 168 valence electrons. The average Bonchev–Trinajstić information content (AvgIpc) is 3.02. The number of pyridine rings is 1. The highest BCUT2D eigenvalue weighted by atomic mass is 19.1. The van der Waals surface area contributed by atoms with Gasteiger partial charge in [-0.25, -0.2) is 4.39 Å². The van der Waals surface area contributed by atoms with Crippen molar-refractivity contribution in [2.75, 3.05) is 13.2 Å². The number of carbonyl (C=O) groups is 2. The predicted molar refractivity (Wildman–Crippen MR) is 117 cm³/mol. The van der Waals surface area contributed by atoms with Crippen LogP contribution in [0.1, 0.15) is 41.5 Å². The smallest absolute Gasteiger partial charge is 0.258 e. The van der Waals surface area contributed by atoms with Crippen molar-refractivity contribution < 1.29 is 19.1 Å². The Hall–Kier alpha value is -3.26. The summed E-state index contributed by atoms with van der Waals surface area (Å²) in [5.41, 5.74) is 1.17. The third-order valence-corrected chi connectivity index (χ3v) is 6.40. The van der Waals surface area contributed by atoms with E-state index in [2.05, 4.69) is 5.32 Å². The van der Waals surface area contributed by atoms with Crippen molar-refractivity contribution in [2.24, 2.45) is 11.8 Å². The zero-order valence-corrected chi connectivity index (χ0v) is 18.0. The topological polar surface area (TPSA) is 91.6 Å². The number of rotatable bonds is 5. The lowest BCUT2D eigenvalue weighted by atomic mass is 9.86. The van der Waals surface area contributed by atoms with E-state index in [4.69, 9.17) is 0 Å². The highest BCUT2D eigenvalue weighted by molar-refractivity contribution is 5.96. The summed E-state index contributed by atoms with van der Waals surface area (Å²) in [6, 6.07) is 7.43. The molecule has 2 aliphatic rings. The fourth-order valence-corrected chi connectivity index (χ4v) is 5.04. The monoisotopic (exact) mass is 439 g/mol. The van der Waals surface area contributed by atoms with E-state index in [0.29, 0.717) is 17.8 Å². The molecule has 0 spiro atoms. The number of allylic oxidation sites excluding steroid dienone is 1. The molecule has 0 radical (unpaired) electrons. The van der Waals surface area contributed by atoms with Gasteiger partial charge in [0.15, 0.2) is 0 Å². The Morgan fingerprint density at radius 2 is 1.94 bits per heavy atom. The summed E-state index contributed by atoms with van der Waals surface area (Å²) in [4.78, 5) is 41.3. The molecule has 4 rings (SSSR count). The molecule has 1 aromatic carbocycles. The van der Waals surface area contributed by atoms with Gasteiger partial charge < -0.3 is 19.9 Å². The predicted octanol–water partition coefficient (Wildman–Crippen LogP) is 1.96. The van der Waals surface area contributed by atoms with Crippen LogP contribution in [-0.4, -0.2) is 45.6 Å². The van der Waals surface area contributed by atoms with Crippen LogP contribution in [0.5, 0.6) is 0 Å². The van der Waals surface area contributed by atoms with E-state index >= 15 is 0 Å². The molecule has 2 aliphatic heterocycles. The third kappa shape index (κ3) is 3.44. The number of aromatic nitrogens is 1. The van der Waals surface area contributed by atoms with E-state index in [-0.39, 0.29) is 36.1 Å². The summed E-state index contributed by atoms with van der Waals surface area (Å²) in [7, 11) is 0. The minimum atomic E-state index is -0.720. The van der Waals surface area contributed by atoms with Gasteiger partial charge in [0.05, 0.1) is 18.0 Å². The minimum absolute atomic E-state index is 0.171. The molecule has 1 aromatic heterocycles. The van der Waals surface area contributed by atoms with Crippen LogP contribution >= 0.6 is 0 Å². The number of hydrogen-bond donors (Lipinski definition) is 2. The van der Waals surface area contributed by atoms with Crippen LogP contribution in [0.2, 0.25) is 0 Å². The third-order valence-electron chi connectivity index (χ3n) is 6.40. The van der Waals surface area contributed by atoms with Crippen LogP contribution in [0.15, 0.2) is 47.3 Å². The van der Waals surface area contributed by atoms with Crippen LogP contribution in [0.3, 0.4) is 0 Å². The number of nitrogens with one attached hydrogen (secondary N) is 1. The van der Waals surface area contributed by atoms with E-state index in [9.17, 15) is 23.9 Å². The van der Waals surface area contributed by atoms with Crippen molar-refractivity contribution in [1.82, 2.24) is 14.8 Å². The van der Waals surface area contributed by atoms with Crippen molar-refractivity contribution in [3.8, 4) is 0 Å². The molecule has 0 saturated carbocycles. The SMILES string of the molecule is C/C=C/c1ccc2n(c1=O)C[C@@H]1[C@@H](CO)[C@H](C(=O)NCC)[C@H]2N1C(=O)c1ccc(F)cc1. The summed E-state index contributed by atoms with van der Waals surface area (Å²) >= 11 is 0. The van der Waals surface area contributed by atoms with Crippen molar-refractivity contribution in [1.29, 1.82) is 0 Å². The first-order valence-electron chi connectivity index (χ1n) is 10.8. The molecule has 1 saturated heterocycles. The van der Waals surface area contributed by atoms with Gasteiger partial charge in [-0.05, 0) is 50.2 Å². The number of nitrogens with zero attached hydrogens (tertiary/aromatic N) is 2. The van der Waals surface area contributed by atoms with E-state index in [1.165, 1.54) is 24.3 Å². The molecule has 4 atom stereocenters. The molecular formula is C24H26FN3O4. The van der Waals surface area contributed by atoms with E-state index in [1.54, 1.807) is 40.7 Å². The minimum Gasteiger partial charge on any atom is -0.396 e. The lowest BCUT2D eigenvalue weighted by molar-refractivity contribution is -0.127. The average molecular weight is 439 g/mol. The summed E-state index contributed by atoms with van der Waals surface area (Å²) in [6.45, 7) is 3.90. The van der Waals surface area contributed by atoms with Crippen LogP contribution in [0.25, 0.3) is 6.08 Å². The number of amides is 2. The van der Waals surface area contributed by atoms with Gasteiger partial charge in [0.2, 0.25) is 5.91 Å². The second-order valence-corrected chi connectivity index (χ2v) is 8.13. The van der Waals surface area contributed by atoms with Gasteiger partial charge in [-0.15, -0.1) is 0 Å². The molecule has 0 aliphatic carbocycles. The Labute approximate surface area is 185 Å². The van der Waals surface area contributed by atoms with Crippen LogP contribution in [0.4, 0.5) is 4.39 Å². The zero-order valence-electron chi connectivity index (χ0n) is 18.0. The molecule has 7 nitrogen and oxygen atoms in total. The summed E-state index contributed by atoms with van der Waals surface area (Å²) in [5, 5.41) is 13.0. The Bertz CT molecular complexity index is 1130. The maximum absolute atomic E-state index is 13.5. The van der Waals surface area contributed by atoms with Gasteiger partial charge in [0.25, 0.3) is 11.5 Å². The number of halogens is 1. The first-order valence-corrected chi connectivity index (χ1v) is 10.8. The highest BCUT2D eigenvalue weighted by Gasteiger charge is 2.57. The van der Waals surface area contributed by atoms with Crippen molar-refractivity contribution >= 4 is 17.9 Å². The van der Waals surface area contributed by atoms with Crippen molar-refractivity contribution in [2.45, 2.75) is 32.5 Å². The lowest BCUT2D eigenvalue weighted by Crippen LogP contribution is -2.49. The summed E-state index contributed by atoms with van der Waals surface area (Å²) < 4.78 is 15.0. The van der Waals surface area contributed by atoms with Gasteiger partial charge in [-0.2, -0.15) is 0 Å². The van der Waals surface area contributed by atoms with Crippen LogP contribution in [-0.2, 0) is 11.3 Å². The Balaban J connectivity index is 1.88. The molecule has 1 fully saturated rings. The largest absolute Gasteiger partial charge is 0.396 e. The number of fused-ring (bicyclic) bond motifs is 4. The normalized spacial score (nSPS) is 23.9. The molecule has 8 heteroatoms. The molecule has 2 bridgehead atoms. The van der Waals surface area contributed by atoms with Crippen molar-refractivity contribution in [3.63, 3.8) is 0 Å². The van der Waals surface area contributed by atoms with Crippen molar-refractivity contribution in [3.05, 3.63) is 75.5 Å². The van der Waals surface area contributed by atoms with Gasteiger partial charge in [0, 0.05) is 42.4 Å². The summed E-state index contributed by atoms with van der Waals surface area (Å²) in [5.74, 6) is -2.34. The molecule has 3 heterocycles. The lowest BCUT2D eigenvalue weighted by Gasteiger charge is -2.38. The Morgan fingerprint density at radius 3 is 2.56 bits per heavy atom. The quantitative estimate of drug-likeness (QED) is 0.745. The Kier molecular flexibility index (Phi) is 5.97. The standard InChI is InChI=1S/C24H26FN3O4/c1-3-5-14-8-11-18-21-20(22(30)26-4-2)17(13-29)19(12-27(18)23(14)31)28(21)24(32)15-6-9-16(25)10-7-15/h3,5-11,17,19-21,29H,4,12-13H2,1-2H3,(H,26,30)/b5-3+/t17-,19-,20+,21+/m1/s1. The number of aliphatic hydroxyl groups excluding tert-OH is 1. The molecule has 0 unspecified atom stereocenters. The van der Waals surface area contributed by atoms with E-state index < -0.39 is 29.7 Å². The van der Waals surface area contributed by atoms with Gasteiger partial charge >= 0.3 is 0 Å². The summed E-state index contributed by atoms with van der Waals surface area (Å²) in [6.07, 6.45) is 3.50. The number of hydrogen-bond acceptors (Lipinski definition) is 4. The molecule has 32 heavy (non-hydrogen) atoms. The Morgan fingerprint density at radius 1 is 1.22 bits per heavy atom. The number of benzene rings is 1. The first-order chi connectivity index (χ1) is 15.4. The van der Waals surface area contributed by atoms with Gasteiger partial charge in [-0.3, -0.25) is 14.4 Å². The maximum atomic E-state index is 13.5. The van der Waals surface area contributed by atoms with Gasteiger partial charge in [0.1, 0.15) is 5.82 Å². The van der Waals surface area contributed by atoms with Gasteiger partial charge in [-0.1, -0.05) is 12.2 Å². The fraction of sp³-hybridized carbons (Fsp3) is 0.375. The molecular weight excluding hydrogens is 413 g/mol. The number of carbonyl (C=O) groups excluding carboxylic acids is 2. The maximum Gasteiger partial charge on any atom is 0.258 e. The first kappa shape index (κ1) is 22.0. The highest BCUT2D eigenvalue weighted by Crippen LogP contribution is 2.48. The fourth-order valence-electron chi connectivity index (χ4n) is 5.04. The molecule has 2 aromatic rings. The van der Waals surface area contributed by atoms with Crippen LogP contribution < -0.4 is 10.9 Å². The molecule has 2 N–H and O–H groups in total.